The molecule has 0 bridgehead atoms. The number of benzene rings is 2. The third kappa shape index (κ3) is 8.27. The number of rotatable bonds is 14. The number of Topliss-reactive ketones (excluding diaryl/α,β-unsaturated/α-hetero) is 1. The molecule has 3 rings (SSSR count). The lowest BCUT2D eigenvalue weighted by Gasteiger charge is -2.15. The minimum Gasteiger partial charge on any atom is -0.469 e. The van der Waals surface area contributed by atoms with Gasteiger partial charge in [-0.1, -0.05) is 24.3 Å². The summed E-state index contributed by atoms with van der Waals surface area (Å²) in [7, 11) is 2.52. The van der Waals surface area contributed by atoms with Crippen molar-refractivity contribution in [3.63, 3.8) is 0 Å². The number of fused-ring (bicyclic) bond motifs is 2. The predicted octanol–water partition coefficient (Wildman–Crippen LogP) is 3.12. The van der Waals surface area contributed by atoms with Gasteiger partial charge in [-0.2, -0.15) is 0 Å². The summed E-state index contributed by atoms with van der Waals surface area (Å²) >= 11 is 0. The largest absolute Gasteiger partial charge is 0.469 e. The molecule has 13 heteroatoms. The first kappa shape index (κ1) is 32.0. The van der Waals surface area contributed by atoms with Gasteiger partial charge in [0.1, 0.15) is 6.04 Å². The van der Waals surface area contributed by atoms with Crippen LogP contribution in [0.4, 0.5) is 4.79 Å². The normalized spacial score (nSPS) is 12.4. The molecule has 42 heavy (non-hydrogen) atoms. The lowest BCUT2D eigenvalue weighted by atomic mass is 10.0. The van der Waals surface area contributed by atoms with Crippen molar-refractivity contribution in [2.75, 3.05) is 20.8 Å². The van der Waals surface area contributed by atoms with Crippen molar-refractivity contribution in [2.24, 2.45) is 11.5 Å². The maximum Gasteiger partial charge on any atom is 0.412 e. The first-order valence-corrected chi connectivity index (χ1v) is 13.4. The Morgan fingerprint density at radius 2 is 1.55 bits per heavy atom. The third-order valence-electron chi connectivity index (χ3n) is 6.49. The molecule has 1 amide bonds. The van der Waals surface area contributed by atoms with E-state index in [-0.39, 0.29) is 71.8 Å². The van der Waals surface area contributed by atoms with E-state index in [1.807, 2.05) is 0 Å². The monoisotopic (exact) mass is 585 g/mol. The van der Waals surface area contributed by atoms with Gasteiger partial charge in [0, 0.05) is 43.1 Å². The summed E-state index contributed by atoms with van der Waals surface area (Å²) in [6, 6.07) is 6.96. The zero-order valence-electron chi connectivity index (χ0n) is 23.7. The van der Waals surface area contributed by atoms with E-state index in [4.69, 9.17) is 25.4 Å². The Kier molecular flexibility index (Phi) is 11.4. The van der Waals surface area contributed by atoms with Gasteiger partial charge < -0.3 is 40.1 Å². The van der Waals surface area contributed by atoms with Gasteiger partial charge in [-0.05, 0) is 31.7 Å². The van der Waals surface area contributed by atoms with Gasteiger partial charge in [0.2, 0.25) is 0 Å². The van der Waals surface area contributed by atoms with Crippen molar-refractivity contribution < 1.29 is 47.3 Å². The topological polar surface area (TPSA) is 199 Å². The molecule has 2 atom stereocenters. The molecule has 0 spiro atoms. The Hall–Kier alpha value is -4.49. The van der Waals surface area contributed by atoms with Crippen LogP contribution in [0.5, 0.6) is 11.5 Å². The SMILES string of the molecule is COC(=O)CC[C@@H](N)CCCC(=O)Oc1c2ccccc2c(OC(=O)NCC[C@H](N)C(=O)OC)c2cc(C(C)=O)oc12. The Morgan fingerprint density at radius 3 is 2.19 bits per heavy atom. The number of furan rings is 1. The molecule has 5 N–H and O–H groups in total. The summed E-state index contributed by atoms with van der Waals surface area (Å²) < 4.78 is 26.3. The second-order valence-electron chi connectivity index (χ2n) is 9.59. The van der Waals surface area contributed by atoms with Gasteiger partial charge in [-0.15, -0.1) is 0 Å². The van der Waals surface area contributed by atoms with Crippen LogP contribution in [0.1, 0.15) is 56.0 Å². The Balaban J connectivity index is 1.82. The van der Waals surface area contributed by atoms with Crippen molar-refractivity contribution in [2.45, 2.75) is 57.5 Å². The molecule has 13 nitrogen and oxygen atoms in total. The van der Waals surface area contributed by atoms with Crippen LogP contribution in [0.3, 0.4) is 0 Å². The van der Waals surface area contributed by atoms with Crippen molar-refractivity contribution in [1.82, 2.24) is 5.32 Å². The molecule has 0 aliphatic rings. The highest BCUT2D eigenvalue weighted by molar-refractivity contribution is 6.12. The minimum atomic E-state index is -0.917. The van der Waals surface area contributed by atoms with Crippen molar-refractivity contribution in [1.29, 1.82) is 0 Å². The second-order valence-corrected chi connectivity index (χ2v) is 9.59. The van der Waals surface area contributed by atoms with Crippen LogP contribution < -0.4 is 26.3 Å². The van der Waals surface area contributed by atoms with Crippen LogP contribution in [-0.4, -0.2) is 62.6 Å². The number of hydrogen-bond acceptors (Lipinski definition) is 12. The van der Waals surface area contributed by atoms with Gasteiger partial charge in [0.05, 0.1) is 19.6 Å². The van der Waals surface area contributed by atoms with Crippen molar-refractivity contribution in [3.05, 3.63) is 36.1 Å². The van der Waals surface area contributed by atoms with Crippen LogP contribution in [0.2, 0.25) is 0 Å². The molecule has 0 fully saturated rings. The zero-order valence-corrected chi connectivity index (χ0v) is 23.7. The number of nitrogens with one attached hydrogen (secondary N) is 1. The number of nitrogens with two attached hydrogens (primary N) is 2. The van der Waals surface area contributed by atoms with E-state index in [0.29, 0.717) is 30.0 Å². The summed E-state index contributed by atoms with van der Waals surface area (Å²) in [6.45, 7) is 1.34. The fraction of sp³-hybridized carbons (Fsp3) is 0.414. The Labute approximate surface area is 241 Å². The van der Waals surface area contributed by atoms with Gasteiger partial charge >= 0.3 is 24.0 Å². The summed E-state index contributed by atoms with van der Waals surface area (Å²) in [6.07, 6.45) is 0.845. The molecule has 2 aromatic carbocycles. The molecule has 0 saturated carbocycles. The van der Waals surface area contributed by atoms with E-state index < -0.39 is 24.1 Å². The van der Waals surface area contributed by atoms with Crippen molar-refractivity contribution in [3.8, 4) is 11.5 Å². The fourth-order valence-electron chi connectivity index (χ4n) is 4.21. The number of ketones is 1. The van der Waals surface area contributed by atoms with Crippen LogP contribution in [0, 0.1) is 0 Å². The molecule has 0 unspecified atom stereocenters. The lowest BCUT2D eigenvalue weighted by molar-refractivity contribution is -0.142. The molecular weight excluding hydrogens is 550 g/mol. The predicted molar refractivity (Wildman–Crippen MR) is 151 cm³/mol. The van der Waals surface area contributed by atoms with E-state index >= 15 is 0 Å². The lowest BCUT2D eigenvalue weighted by Crippen LogP contribution is -2.37. The fourth-order valence-corrected chi connectivity index (χ4v) is 4.21. The standard InChI is InChI=1S/C29H35N3O10/c1-16(33)22-15-20-25(42-29(37)32-14-13-21(31)28(36)39-3)18-8-4-5-9-19(18)26(27(20)40-22)41-24(35)10-6-7-17(30)11-12-23(34)38-2/h4-5,8-9,15,17,21H,6-7,10-14,30-31H2,1-3H3,(H,32,37)/t17-,21-/m0/s1. The zero-order chi connectivity index (χ0) is 30.8. The quantitative estimate of drug-likeness (QED) is 0.142. The van der Waals surface area contributed by atoms with Gasteiger partial charge in [0.25, 0.3) is 0 Å². The molecule has 226 valence electrons. The number of hydrogen-bond donors (Lipinski definition) is 3. The molecule has 1 aromatic heterocycles. The van der Waals surface area contributed by atoms with Crippen molar-refractivity contribution >= 4 is 51.5 Å². The van der Waals surface area contributed by atoms with E-state index in [2.05, 4.69) is 14.8 Å². The molecule has 0 aliphatic heterocycles. The molecule has 0 aliphatic carbocycles. The number of ether oxygens (including phenoxy) is 4. The number of esters is 3. The smallest absolute Gasteiger partial charge is 0.412 e. The second kappa shape index (κ2) is 14.9. The third-order valence-corrected chi connectivity index (χ3v) is 6.49. The summed E-state index contributed by atoms with van der Waals surface area (Å²) in [4.78, 5) is 60.5. The number of carbonyl (C=O) groups excluding carboxylic acids is 5. The molecular formula is C29H35N3O10. The molecule has 0 saturated heterocycles. The highest BCUT2D eigenvalue weighted by Crippen LogP contribution is 2.44. The van der Waals surface area contributed by atoms with Crippen LogP contribution in [0.15, 0.2) is 34.7 Å². The molecule has 3 aromatic rings. The van der Waals surface area contributed by atoms with Crippen LogP contribution in [-0.2, 0) is 23.9 Å². The first-order valence-electron chi connectivity index (χ1n) is 13.4. The van der Waals surface area contributed by atoms with Gasteiger partial charge in [0.15, 0.2) is 28.6 Å². The Bertz CT molecular complexity index is 1460. The maximum absolute atomic E-state index is 12.9. The summed E-state index contributed by atoms with van der Waals surface area (Å²) in [5, 5.41) is 3.61. The van der Waals surface area contributed by atoms with E-state index in [0.717, 1.165) is 0 Å². The van der Waals surface area contributed by atoms with Crippen LogP contribution >= 0.6 is 0 Å². The number of amides is 1. The number of methoxy groups -OCH3 is 2. The average Bonchev–Trinajstić information content (AvgIpc) is 3.43. The Morgan fingerprint density at radius 1 is 0.857 bits per heavy atom. The highest BCUT2D eigenvalue weighted by atomic mass is 16.6. The molecule has 0 radical (unpaired) electrons. The molecule has 1 heterocycles. The maximum atomic E-state index is 12.9. The average molecular weight is 586 g/mol. The summed E-state index contributed by atoms with van der Waals surface area (Å²) in [5.41, 5.74) is 11.8. The van der Waals surface area contributed by atoms with Gasteiger partial charge in [-0.25, -0.2) is 4.79 Å². The highest BCUT2D eigenvalue weighted by Gasteiger charge is 2.25. The van der Waals surface area contributed by atoms with E-state index in [1.165, 1.54) is 27.2 Å². The minimum absolute atomic E-state index is 0.0245. The number of carbonyl (C=O) groups is 5. The van der Waals surface area contributed by atoms with Crippen LogP contribution in [0.25, 0.3) is 21.7 Å². The summed E-state index contributed by atoms with van der Waals surface area (Å²) in [5.74, 6) is -1.77. The first-order chi connectivity index (χ1) is 20.0. The van der Waals surface area contributed by atoms with E-state index in [1.54, 1.807) is 24.3 Å². The van der Waals surface area contributed by atoms with E-state index in [9.17, 15) is 24.0 Å². The van der Waals surface area contributed by atoms with Gasteiger partial charge in [-0.3, -0.25) is 19.2 Å².